The van der Waals surface area contributed by atoms with Crippen LogP contribution in [0.25, 0.3) is 0 Å². The Balaban J connectivity index is 1.85. The molecule has 0 spiro atoms. The van der Waals surface area contributed by atoms with Crippen molar-refractivity contribution in [2.45, 2.75) is 39.2 Å². The van der Waals surface area contributed by atoms with Crippen molar-refractivity contribution >= 4 is 27.4 Å². The Hall–Kier alpha value is -1.18. The van der Waals surface area contributed by atoms with Gasteiger partial charge in [-0.3, -0.25) is 4.79 Å². The highest BCUT2D eigenvalue weighted by Gasteiger charge is 2.30. The van der Waals surface area contributed by atoms with E-state index in [9.17, 15) is 13.2 Å². The SMILES string of the molecule is CC(C)CC(=O)CS(=O)(=O)N1CCC(Oc2ccc(Cl)cn2)CC1. The van der Waals surface area contributed by atoms with E-state index in [2.05, 4.69) is 4.98 Å². The molecule has 0 unspecified atom stereocenters. The summed E-state index contributed by atoms with van der Waals surface area (Å²) < 4.78 is 31.8. The van der Waals surface area contributed by atoms with Crippen LogP contribution in [0.1, 0.15) is 33.1 Å². The lowest BCUT2D eigenvalue weighted by atomic mass is 10.1. The van der Waals surface area contributed by atoms with Crippen molar-refractivity contribution in [3.05, 3.63) is 23.4 Å². The molecule has 2 heterocycles. The summed E-state index contributed by atoms with van der Waals surface area (Å²) in [5.74, 6) is 0.00962. The van der Waals surface area contributed by atoms with Gasteiger partial charge in [-0.25, -0.2) is 17.7 Å². The van der Waals surface area contributed by atoms with Gasteiger partial charge in [0.15, 0.2) is 0 Å². The van der Waals surface area contributed by atoms with E-state index < -0.39 is 15.8 Å². The van der Waals surface area contributed by atoms with Crippen molar-refractivity contribution in [3.8, 4) is 5.88 Å². The van der Waals surface area contributed by atoms with Crippen LogP contribution in [0.5, 0.6) is 5.88 Å². The molecule has 0 aromatic carbocycles. The second-order valence-electron chi connectivity index (χ2n) is 6.42. The van der Waals surface area contributed by atoms with Gasteiger partial charge in [0.05, 0.1) is 5.02 Å². The third-order valence-corrected chi connectivity index (χ3v) is 5.82. The number of rotatable bonds is 7. The minimum absolute atomic E-state index is 0.0866. The highest BCUT2D eigenvalue weighted by Crippen LogP contribution is 2.20. The van der Waals surface area contributed by atoms with Gasteiger partial charge in [0.1, 0.15) is 17.6 Å². The Bertz CT molecular complexity index is 653. The molecule has 134 valence electrons. The molecule has 1 aliphatic rings. The molecule has 2 rings (SSSR count). The number of halogens is 1. The number of ketones is 1. The Morgan fingerprint density at radius 2 is 2.04 bits per heavy atom. The fourth-order valence-electron chi connectivity index (χ4n) is 2.64. The molecule has 24 heavy (non-hydrogen) atoms. The number of carbonyl (C=O) groups is 1. The number of sulfonamides is 1. The number of carbonyl (C=O) groups excluding carboxylic acids is 1. The first-order chi connectivity index (χ1) is 11.3. The zero-order valence-electron chi connectivity index (χ0n) is 13.9. The molecule has 0 atom stereocenters. The Morgan fingerprint density at radius 3 is 2.58 bits per heavy atom. The summed E-state index contributed by atoms with van der Waals surface area (Å²) >= 11 is 5.78. The number of nitrogens with zero attached hydrogens (tertiary/aromatic N) is 2. The standard InChI is InChI=1S/C16H23ClN2O4S/c1-12(2)9-14(20)11-24(21,22)19-7-5-15(6-8-19)23-16-4-3-13(17)10-18-16/h3-4,10,12,15H,5-9,11H2,1-2H3. The summed E-state index contributed by atoms with van der Waals surface area (Å²) in [7, 11) is -3.53. The largest absolute Gasteiger partial charge is 0.474 e. The summed E-state index contributed by atoms with van der Waals surface area (Å²) in [5, 5.41) is 0.536. The summed E-state index contributed by atoms with van der Waals surface area (Å²) in [4.78, 5) is 15.9. The fraction of sp³-hybridized carbons (Fsp3) is 0.625. The quantitative estimate of drug-likeness (QED) is 0.732. The predicted octanol–water partition coefficient (Wildman–Crippen LogP) is 2.52. The van der Waals surface area contributed by atoms with Gasteiger partial charge in [-0.2, -0.15) is 0 Å². The topological polar surface area (TPSA) is 76.6 Å². The van der Waals surface area contributed by atoms with Crippen LogP contribution >= 0.6 is 11.6 Å². The zero-order valence-corrected chi connectivity index (χ0v) is 15.5. The average molecular weight is 375 g/mol. The van der Waals surface area contributed by atoms with Crippen LogP contribution in [0.3, 0.4) is 0 Å². The Kier molecular flexibility index (Phi) is 6.60. The zero-order chi connectivity index (χ0) is 17.7. The van der Waals surface area contributed by atoms with Gasteiger partial charge in [0.25, 0.3) is 0 Å². The van der Waals surface area contributed by atoms with E-state index in [4.69, 9.17) is 16.3 Å². The third-order valence-electron chi connectivity index (χ3n) is 3.76. The number of ether oxygens (including phenoxy) is 1. The lowest BCUT2D eigenvalue weighted by molar-refractivity contribution is -0.117. The van der Waals surface area contributed by atoms with Gasteiger partial charge in [0, 0.05) is 31.8 Å². The second kappa shape index (κ2) is 8.27. The number of pyridine rings is 1. The van der Waals surface area contributed by atoms with E-state index in [1.54, 1.807) is 12.1 Å². The van der Waals surface area contributed by atoms with Crippen molar-refractivity contribution in [2.24, 2.45) is 5.92 Å². The number of Topliss-reactive ketones (excluding diaryl/α,β-unsaturated/α-hetero) is 1. The molecule has 0 N–H and O–H groups in total. The van der Waals surface area contributed by atoms with Crippen molar-refractivity contribution in [3.63, 3.8) is 0 Å². The molecule has 0 aliphatic carbocycles. The van der Waals surface area contributed by atoms with Gasteiger partial charge in [-0.1, -0.05) is 25.4 Å². The molecule has 0 bridgehead atoms. The molecular weight excluding hydrogens is 352 g/mol. The summed E-state index contributed by atoms with van der Waals surface area (Å²) in [6, 6.07) is 3.39. The van der Waals surface area contributed by atoms with Crippen molar-refractivity contribution < 1.29 is 17.9 Å². The highest BCUT2D eigenvalue weighted by molar-refractivity contribution is 7.89. The number of aromatic nitrogens is 1. The first-order valence-corrected chi connectivity index (χ1v) is 10.0. The first kappa shape index (κ1) is 19.1. The minimum Gasteiger partial charge on any atom is -0.474 e. The molecule has 8 heteroatoms. The molecule has 1 aromatic rings. The van der Waals surface area contributed by atoms with Crippen LogP contribution in [-0.2, 0) is 14.8 Å². The Morgan fingerprint density at radius 1 is 1.38 bits per heavy atom. The first-order valence-electron chi connectivity index (χ1n) is 8.04. The number of hydrogen-bond donors (Lipinski definition) is 0. The lowest BCUT2D eigenvalue weighted by Gasteiger charge is -2.31. The summed E-state index contributed by atoms with van der Waals surface area (Å²) in [5.41, 5.74) is 0. The second-order valence-corrected chi connectivity index (χ2v) is 8.83. The smallest absolute Gasteiger partial charge is 0.221 e. The normalized spacial score (nSPS) is 17.2. The molecule has 1 fully saturated rings. The van der Waals surface area contributed by atoms with Gasteiger partial charge in [-0.05, 0) is 24.8 Å². The maximum absolute atomic E-state index is 12.3. The summed E-state index contributed by atoms with van der Waals surface area (Å²) in [6.45, 7) is 4.52. The third kappa shape index (κ3) is 5.72. The van der Waals surface area contributed by atoms with E-state index in [0.29, 0.717) is 43.3 Å². The van der Waals surface area contributed by atoms with Crippen molar-refractivity contribution in [2.75, 3.05) is 18.8 Å². The van der Waals surface area contributed by atoms with E-state index in [1.807, 2.05) is 13.8 Å². The average Bonchev–Trinajstić information content (AvgIpc) is 2.48. The molecular formula is C16H23ClN2O4S. The van der Waals surface area contributed by atoms with Crippen molar-refractivity contribution in [1.29, 1.82) is 0 Å². The van der Waals surface area contributed by atoms with Crippen LogP contribution in [0.2, 0.25) is 5.02 Å². The Labute approximate surface area is 148 Å². The number of hydrogen-bond acceptors (Lipinski definition) is 5. The molecule has 1 saturated heterocycles. The van der Waals surface area contributed by atoms with Crippen LogP contribution < -0.4 is 4.74 Å². The van der Waals surface area contributed by atoms with E-state index in [0.717, 1.165) is 0 Å². The molecule has 1 aromatic heterocycles. The summed E-state index contributed by atoms with van der Waals surface area (Å²) in [6.07, 6.45) is 2.86. The number of piperidine rings is 1. The van der Waals surface area contributed by atoms with Gasteiger partial charge in [-0.15, -0.1) is 0 Å². The van der Waals surface area contributed by atoms with Gasteiger partial charge in [0.2, 0.25) is 15.9 Å². The minimum atomic E-state index is -3.53. The fourth-order valence-corrected chi connectivity index (χ4v) is 4.23. The van der Waals surface area contributed by atoms with Gasteiger partial charge >= 0.3 is 0 Å². The predicted molar refractivity (Wildman–Crippen MR) is 92.7 cm³/mol. The van der Waals surface area contributed by atoms with Crippen molar-refractivity contribution in [1.82, 2.24) is 9.29 Å². The molecule has 0 radical (unpaired) electrons. The molecule has 6 nitrogen and oxygen atoms in total. The van der Waals surface area contributed by atoms with E-state index in [-0.39, 0.29) is 17.8 Å². The van der Waals surface area contributed by atoms with E-state index >= 15 is 0 Å². The molecule has 0 saturated carbocycles. The van der Waals surface area contributed by atoms with Crippen LogP contribution in [0, 0.1) is 5.92 Å². The maximum atomic E-state index is 12.3. The lowest BCUT2D eigenvalue weighted by Crippen LogP contribution is -2.43. The van der Waals surface area contributed by atoms with Gasteiger partial charge < -0.3 is 4.74 Å². The van der Waals surface area contributed by atoms with Crippen LogP contribution in [0.15, 0.2) is 18.3 Å². The molecule has 0 amide bonds. The van der Waals surface area contributed by atoms with Crippen LogP contribution in [-0.4, -0.2) is 48.4 Å². The maximum Gasteiger partial charge on any atom is 0.221 e. The van der Waals surface area contributed by atoms with Crippen LogP contribution in [0.4, 0.5) is 0 Å². The van der Waals surface area contributed by atoms with E-state index in [1.165, 1.54) is 10.5 Å². The molecule has 1 aliphatic heterocycles. The monoisotopic (exact) mass is 374 g/mol. The highest BCUT2D eigenvalue weighted by atomic mass is 35.5.